The number of likely N-dealkylation sites (N-methyl/N-ethyl adjacent to an activating group) is 1. The van der Waals surface area contributed by atoms with Gasteiger partial charge >= 0.3 is 6.09 Å². The number of carbonyl (C=O) groups excluding carboxylic acids is 1. The first-order chi connectivity index (χ1) is 15.2. The molecule has 10 atom stereocenters. The van der Waals surface area contributed by atoms with E-state index in [-0.39, 0.29) is 12.7 Å². The van der Waals surface area contributed by atoms with Gasteiger partial charge in [0, 0.05) is 26.1 Å². The Morgan fingerprint density at radius 3 is 2.62 bits per heavy atom. The fraction of sp³-hybridized carbons (Fsp3) is 0.963. The van der Waals surface area contributed by atoms with E-state index in [4.69, 9.17) is 14.6 Å². The van der Waals surface area contributed by atoms with Gasteiger partial charge in [-0.1, -0.05) is 20.8 Å². The highest BCUT2D eigenvalue weighted by atomic mass is 16.6. The maximum atomic E-state index is 12.2. The number of hydrogen-bond acceptors (Lipinski definition) is 4. The first-order valence-electron chi connectivity index (χ1n) is 13.2. The topological polar surface area (TPSA) is 59.0 Å². The Labute approximate surface area is 194 Å². The van der Waals surface area contributed by atoms with Gasteiger partial charge in [-0.15, -0.1) is 0 Å². The maximum Gasteiger partial charge on any atom is 0.409 e. The van der Waals surface area contributed by atoms with E-state index in [2.05, 4.69) is 20.8 Å². The molecule has 0 aromatic heterocycles. The Morgan fingerprint density at radius 2 is 1.94 bits per heavy atom. The third kappa shape index (κ3) is 2.98. The molecule has 0 aromatic carbocycles. The summed E-state index contributed by atoms with van der Waals surface area (Å²) in [6.45, 7) is 8.26. The minimum atomic E-state index is -0.317. The van der Waals surface area contributed by atoms with Crippen molar-refractivity contribution in [2.24, 2.45) is 51.8 Å². The summed E-state index contributed by atoms with van der Waals surface area (Å²) in [7, 11) is 3.66. The van der Waals surface area contributed by atoms with Crippen molar-refractivity contribution in [1.29, 1.82) is 0 Å². The third-order valence-electron chi connectivity index (χ3n) is 11.8. The van der Waals surface area contributed by atoms with E-state index in [1.54, 1.807) is 7.05 Å². The Kier molecular flexibility index (Phi) is 5.64. The van der Waals surface area contributed by atoms with Crippen molar-refractivity contribution in [3.63, 3.8) is 0 Å². The summed E-state index contributed by atoms with van der Waals surface area (Å²) in [6.07, 6.45) is 11.0. The normalized spacial score (nSPS) is 49.4. The molecule has 5 aliphatic carbocycles. The lowest BCUT2D eigenvalue weighted by Crippen LogP contribution is -2.57. The molecule has 5 rings (SSSR count). The Morgan fingerprint density at radius 1 is 1.16 bits per heavy atom. The average molecular weight is 448 g/mol. The predicted molar refractivity (Wildman–Crippen MR) is 124 cm³/mol. The van der Waals surface area contributed by atoms with Crippen molar-refractivity contribution in [2.45, 2.75) is 78.2 Å². The molecule has 0 radical (unpaired) electrons. The molecule has 0 saturated heterocycles. The first kappa shape index (κ1) is 23.0. The van der Waals surface area contributed by atoms with Crippen LogP contribution in [-0.4, -0.2) is 56.1 Å². The lowest BCUT2D eigenvalue weighted by atomic mass is 9.45. The van der Waals surface area contributed by atoms with Crippen LogP contribution in [-0.2, 0) is 9.47 Å². The number of fused-ring (bicyclic) bond motifs is 4. The van der Waals surface area contributed by atoms with Gasteiger partial charge in [0.25, 0.3) is 0 Å². The van der Waals surface area contributed by atoms with Gasteiger partial charge in [-0.25, -0.2) is 4.79 Å². The molecule has 5 heteroatoms. The van der Waals surface area contributed by atoms with Gasteiger partial charge in [0.05, 0.1) is 19.3 Å². The average Bonchev–Trinajstić information content (AvgIpc) is 3.28. The van der Waals surface area contributed by atoms with E-state index >= 15 is 0 Å². The number of rotatable bonds is 6. The zero-order chi connectivity index (χ0) is 22.9. The third-order valence-corrected chi connectivity index (χ3v) is 11.8. The van der Waals surface area contributed by atoms with Gasteiger partial charge in [0.2, 0.25) is 0 Å². The number of carbonyl (C=O) groups is 1. The second-order valence-corrected chi connectivity index (χ2v) is 12.7. The van der Waals surface area contributed by atoms with Crippen molar-refractivity contribution >= 4 is 6.09 Å². The highest BCUT2D eigenvalue weighted by molar-refractivity contribution is 5.67. The van der Waals surface area contributed by atoms with Gasteiger partial charge < -0.3 is 19.5 Å². The van der Waals surface area contributed by atoms with Crippen LogP contribution in [0.4, 0.5) is 4.79 Å². The fourth-order valence-corrected chi connectivity index (χ4v) is 10.2. The van der Waals surface area contributed by atoms with Crippen LogP contribution >= 0.6 is 0 Å². The van der Waals surface area contributed by atoms with E-state index in [9.17, 15) is 4.79 Å². The highest BCUT2D eigenvalue weighted by Crippen LogP contribution is 2.82. The van der Waals surface area contributed by atoms with E-state index in [1.807, 2.05) is 7.11 Å². The molecule has 32 heavy (non-hydrogen) atoms. The monoisotopic (exact) mass is 447 g/mol. The molecule has 0 heterocycles. The quantitative estimate of drug-likeness (QED) is 0.625. The van der Waals surface area contributed by atoms with Crippen molar-refractivity contribution in [3.8, 4) is 0 Å². The van der Waals surface area contributed by atoms with Crippen molar-refractivity contribution < 1.29 is 19.4 Å². The predicted octanol–water partition coefficient (Wildman–Crippen LogP) is 4.97. The van der Waals surface area contributed by atoms with Crippen molar-refractivity contribution in [1.82, 2.24) is 4.90 Å². The standard InChI is InChI=1S/C27H45NO4/c1-17(16-32-24(30)28(4)12-13-29)20-6-7-21-19-14-23(31-5)27-15-18(27)8-11-26(27,3)22(19)9-10-25(20,21)2/h17-23,29H,6-16H2,1-5H3/t17-,18?,19+,20-,21+,22+,23?,25-,26-,27+/m1/s1. The maximum absolute atomic E-state index is 12.2. The number of nitrogens with zero attached hydrogens (tertiary/aromatic N) is 1. The largest absolute Gasteiger partial charge is 0.449 e. The van der Waals surface area contributed by atoms with E-state index in [0.717, 1.165) is 23.7 Å². The number of aliphatic hydroxyl groups excluding tert-OH is 1. The summed E-state index contributed by atoms with van der Waals surface area (Å²) in [5.41, 5.74) is 1.33. The van der Waals surface area contributed by atoms with Crippen molar-refractivity contribution in [2.75, 3.05) is 33.9 Å². The van der Waals surface area contributed by atoms with Crippen molar-refractivity contribution in [3.05, 3.63) is 0 Å². The van der Waals surface area contributed by atoms with Crippen LogP contribution in [0.5, 0.6) is 0 Å². The molecule has 1 spiro atoms. The minimum absolute atomic E-state index is 0.0322. The number of hydrogen-bond donors (Lipinski definition) is 1. The fourth-order valence-electron chi connectivity index (χ4n) is 10.2. The molecule has 2 unspecified atom stereocenters. The van der Waals surface area contributed by atoms with Crippen LogP contribution in [0.1, 0.15) is 72.1 Å². The second kappa shape index (κ2) is 7.86. The summed E-state index contributed by atoms with van der Waals surface area (Å²) in [5.74, 6) is 4.37. The molecular formula is C27H45NO4. The van der Waals surface area contributed by atoms with E-state index in [0.29, 0.717) is 47.3 Å². The van der Waals surface area contributed by atoms with Crippen LogP contribution in [0.3, 0.4) is 0 Å². The molecule has 0 aliphatic heterocycles. The zero-order valence-corrected chi connectivity index (χ0v) is 20.9. The number of aliphatic hydroxyl groups is 1. The van der Waals surface area contributed by atoms with Gasteiger partial charge in [-0.05, 0) is 97.7 Å². The Balaban J connectivity index is 1.30. The molecule has 182 valence electrons. The summed E-state index contributed by atoms with van der Waals surface area (Å²) < 4.78 is 11.9. The molecule has 5 fully saturated rings. The summed E-state index contributed by atoms with van der Waals surface area (Å²) in [6, 6.07) is 0. The lowest BCUT2D eigenvalue weighted by Gasteiger charge is -2.61. The second-order valence-electron chi connectivity index (χ2n) is 12.7. The summed E-state index contributed by atoms with van der Waals surface area (Å²) in [5, 5.41) is 9.07. The van der Waals surface area contributed by atoms with Gasteiger partial charge in [-0.3, -0.25) is 0 Å². The molecule has 0 bridgehead atoms. The highest BCUT2D eigenvalue weighted by Gasteiger charge is 2.77. The zero-order valence-electron chi connectivity index (χ0n) is 20.9. The number of ether oxygens (including phenoxy) is 2. The van der Waals surface area contributed by atoms with Gasteiger partial charge in [-0.2, -0.15) is 0 Å². The summed E-state index contributed by atoms with van der Waals surface area (Å²) >= 11 is 0. The molecule has 5 saturated carbocycles. The number of methoxy groups -OCH3 is 1. The van der Waals surface area contributed by atoms with E-state index in [1.165, 1.54) is 56.3 Å². The van der Waals surface area contributed by atoms with Crippen LogP contribution in [0.15, 0.2) is 0 Å². The van der Waals surface area contributed by atoms with E-state index < -0.39 is 0 Å². The first-order valence-corrected chi connectivity index (χ1v) is 13.2. The van der Waals surface area contributed by atoms with Gasteiger partial charge in [0.15, 0.2) is 0 Å². The minimum Gasteiger partial charge on any atom is -0.449 e. The molecule has 1 amide bonds. The van der Waals surface area contributed by atoms with Crippen LogP contribution in [0, 0.1) is 51.8 Å². The lowest BCUT2D eigenvalue weighted by molar-refractivity contribution is -0.161. The van der Waals surface area contributed by atoms with Crippen LogP contribution in [0.25, 0.3) is 0 Å². The Bertz CT molecular complexity index is 743. The Hall–Kier alpha value is -0.810. The molecule has 0 aromatic rings. The van der Waals surface area contributed by atoms with Crippen LogP contribution < -0.4 is 0 Å². The van der Waals surface area contributed by atoms with Crippen LogP contribution in [0.2, 0.25) is 0 Å². The van der Waals surface area contributed by atoms with Gasteiger partial charge in [0.1, 0.15) is 0 Å². The molecular weight excluding hydrogens is 402 g/mol. The SMILES string of the molecule is COC1C[C@H]2[C@@H]3CC[C@H]([C@H](C)COC(=O)N(C)CCO)[C@@]3(C)CC[C@@H]2[C@@]2(C)CCC3C[C@]312. The smallest absolute Gasteiger partial charge is 0.409 e. The molecule has 1 N–H and O–H groups in total. The molecule has 5 aliphatic rings. The number of amides is 1. The summed E-state index contributed by atoms with van der Waals surface area (Å²) in [4.78, 5) is 13.7. The molecule has 5 nitrogen and oxygen atoms in total.